The van der Waals surface area contributed by atoms with Gasteiger partial charge in [-0.3, -0.25) is 0 Å². The van der Waals surface area contributed by atoms with Crippen molar-refractivity contribution in [1.82, 2.24) is 0 Å². The van der Waals surface area contributed by atoms with Crippen LogP contribution < -0.4 is 4.74 Å². The van der Waals surface area contributed by atoms with Crippen molar-refractivity contribution >= 4 is 12.0 Å². The molecule has 0 aromatic heterocycles. The summed E-state index contributed by atoms with van der Waals surface area (Å²) in [7, 11) is 0. The smallest absolute Gasteiger partial charge is 0.330 e. The van der Waals surface area contributed by atoms with E-state index in [0.29, 0.717) is 5.75 Å². The number of halogens is 1. The Kier molecular flexibility index (Phi) is 7.27. The lowest BCUT2D eigenvalue weighted by atomic mass is 10.2. The maximum Gasteiger partial charge on any atom is 0.330 e. The van der Waals surface area contributed by atoms with Gasteiger partial charge in [0.15, 0.2) is 0 Å². The number of allylic oxidation sites excluding steroid dienone is 1. The number of hydrogen-bond acceptors (Lipinski definition) is 2. The second-order valence-electron chi connectivity index (χ2n) is 4.71. The van der Waals surface area contributed by atoms with Gasteiger partial charge < -0.3 is 9.84 Å². The van der Waals surface area contributed by atoms with Gasteiger partial charge in [-0.05, 0) is 55.8 Å². The fourth-order valence-electron chi connectivity index (χ4n) is 1.48. The van der Waals surface area contributed by atoms with Gasteiger partial charge in [0.1, 0.15) is 17.3 Å². The average molecular weight is 314 g/mol. The number of benzene rings is 2. The van der Waals surface area contributed by atoms with E-state index < -0.39 is 5.97 Å². The molecule has 0 radical (unpaired) electrons. The minimum atomic E-state index is -0.935. The molecule has 3 nitrogen and oxygen atoms in total. The fourth-order valence-corrected chi connectivity index (χ4v) is 1.48. The Hall–Kier alpha value is -2.88. The van der Waals surface area contributed by atoms with E-state index in [0.717, 1.165) is 11.3 Å². The number of carboxylic acids is 1. The van der Waals surface area contributed by atoms with Crippen LogP contribution in [0.5, 0.6) is 11.5 Å². The summed E-state index contributed by atoms with van der Waals surface area (Å²) in [5, 5.41) is 7.89. The summed E-state index contributed by atoms with van der Waals surface area (Å²) in [5.41, 5.74) is 1.30. The summed E-state index contributed by atoms with van der Waals surface area (Å²) in [6.07, 6.45) is 4.00. The molecule has 0 aliphatic carbocycles. The Labute approximate surface area is 135 Å². The highest BCUT2D eigenvalue weighted by Gasteiger charge is 1.97. The standard InChI is InChI=1S/C15H13FO.C4H6O2/c1-2-3-12-4-8-14(9-5-12)17-15-10-6-13(16)7-11-15;1-3(2)4(5)6/h2-11H,1H3;1H2,2H3,(H,5,6)/b3-2+;. The minimum Gasteiger partial charge on any atom is -0.478 e. The number of rotatable bonds is 4. The zero-order valence-corrected chi connectivity index (χ0v) is 13.1. The summed E-state index contributed by atoms with van der Waals surface area (Å²) in [6, 6.07) is 13.7. The first-order chi connectivity index (χ1) is 10.9. The maximum atomic E-state index is 12.7. The highest BCUT2D eigenvalue weighted by atomic mass is 19.1. The van der Waals surface area contributed by atoms with Crippen LogP contribution in [0.2, 0.25) is 0 Å². The van der Waals surface area contributed by atoms with E-state index in [1.165, 1.54) is 19.1 Å². The van der Waals surface area contributed by atoms with E-state index in [9.17, 15) is 9.18 Å². The highest BCUT2D eigenvalue weighted by Crippen LogP contribution is 2.22. The second-order valence-corrected chi connectivity index (χ2v) is 4.71. The third kappa shape index (κ3) is 7.09. The average Bonchev–Trinajstić information content (AvgIpc) is 2.52. The SMILES string of the molecule is C/C=C/c1ccc(Oc2ccc(F)cc2)cc1.C=C(C)C(=O)O. The molecule has 1 N–H and O–H groups in total. The maximum absolute atomic E-state index is 12.7. The minimum absolute atomic E-state index is 0.176. The molecule has 0 amide bonds. The van der Waals surface area contributed by atoms with Crippen LogP contribution in [0.4, 0.5) is 4.39 Å². The summed E-state index contributed by atoms with van der Waals surface area (Å²) in [4.78, 5) is 9.60. The molecule has 0 spiro atoms. The van der Waals surface area contributed by atoms with Crippen molar-refractivity contribution in [3.8, 4) is 11.5 Å². The fraction of sp³-hybridized carbons (Fsp3) is 0.105. The topological polar surface area (TPSA) is 46.5 Å². The molecule has 0 saturated heterocycles. The van der Waals surface area contributed by atoms with E-state index in [1.807, 2.05) is 43.3 Å². The van der Waals surface area contributed by atoms with Crippen LogP contribution in [0.25, 0.3) is 6.08 Å². The second kappa shape index (κ2) is 9.20. The van der Waals surface area contributed by atoms with Gasteiger partial charge >= 0.3 is 5.97 Å². The van der Waals surface area contributed by atoms with Gasteiger partial charge in [-0.15, -0.1) is 0 Å². The third-order valence-electron chi connectivity index (χ3n) is 2.65. The quantitative estimate of drug-likeness (QED) is 0.779. The van der Waals surface area contributed by atoms with Crippen LogP contribution in [-0.4, -0.2) is 11.1 Å². The molecule has 2 aromatic carbocycles. The molecule has 0 heterocycles. The highest BCUT2D eigenvalue weighted by molar-refractivity contribution is 5.84. The third-order valence-corrected chi connectivity index (χ3v) is 2.65. The molecule has 0 aliphatic rings. The lowest BCUT2D eigenvalue weighted by Crippen LogP contribution is -1.92. The summed E-state index contributed by atoms with van der Waals surface area (Å²) >= 11 is 0. The van der Waals surface area contributed by atoms with Gasteiger partial charge in [0.2, 0.25) is 0 Å². The van der Waals surface area contributed by atoms with Crippen molar-refractivity contribution in [1.29, 1.82) is 0 Å². The van der Waals surface area contributed by atoms with Crippen LogP contribution in [0.1, 0.15) is 19.4 Å². The summed E-state index contributed by atoms with van der Waals surface area (Å²) in [6.45, 7) is 6.58. The first-order valence-corrected chi connectivity index (χ1v) is 6.97. The van der Waals surface area contributed by atoms with Crippen molar-refractivity contribution in [2.24, 2.45) is 0 Å². The first-order valence-electron chi connectivity index (χ1n) is 6.97. The van der Waals surface area contributed by atoms with Gasteiger partial charge in [-0.2, -0.15) is 0 Å². The zero-order valence-electron chi connectivity index (χ0n) is 13.1. The lowest BCUT2D eigenvalue weighted by molar-refractivity contribution is -0.132. The molecule has 0 fully saturated rings. The van der Waals surface area contributed by atoms with Crippen LogP contribution in [0.3, 0.4) is 0 Å². The molecule has 120 valence electrons. The molecule has 23 heavy (non-hydrogen) atoms. The Balaban J connectivity index is 0.000000379. The summed E-state index contributed by atoms with van der Waals surface area (Å²) in [5.74, 6) is 0.172. The van der Waals surface area contributed by atoms with Gasteiger partial charge in [0.05, 0.1) is 0 Å². The van der Waals surface area contributed by atoms with Crippen molar-refractivity contribution < 1.29 is 19.0 Å². The lowest BCUT2D eigenvalue weighted by Gasteiger charge is -2.05. The number of carboxylic acid groups (broad SMARTS) is 1. The van der Waals surface area contributed by atoms with Crippen molar-refractivity contribution in [3.05, 3.63) is 78.1 Å². The monoisotopic (exact) mass is 314 g/mol. The number of ether oxygens (including phenoxy) is 1. The molecule has 2 aromatic rings. The van der Waals surface area contributed by atoms with Gasteiger partial charge in [0.25, 0.3) is 0 Å². The van der Waals surface area contributed by atoms with Crippen LogP contribution in [0.15, 0.2) is 66.8 Å². The molecule has 2 rings (SSSR count). The number of carbonyl (C=O) groups is 1. The molecule has 0 saturated carbocycles. The van der Waals surface area contributed by atoms with Crippen molar-refractivity contribution in [3.63, 3.8) is 0 Å². The summed E-state index contributed by atoms with van der Waals surface area (Å²) < 4.78 is 18.3. The van der Waals surface area contributed by atoms with E-state index in [4.69, 9.17) is 9.84 Å². The van der Waals surface area contributed by atoms with E-state index >= 15 is 0 Å². The molecule has 0 bridgehead atoms. The van der Waals surface area contributed by atoms with Crippen molar-refractivity contribution in [2.45, 2.75) is 13.8 Å². The molecule has 4 heteroatoms. The molecule has 0 aliphatic heterocycles. The normalized spacial score (nSPS) is 9.87. The van der Waals surface area contributed by atoms with Gasteiger partial charge in [-0.1, -0.05) is 30.9 Å². The Morgan fingerprint density at radius 3 is 1.91 bits per heavy atom. The largest absolute Gasteiger partial charge is 0.478 e. The number of hydrogen-bond donors (Lipinski definition) is 1. The Morgan fingerprint density at radius 2 is 1.52 bits per heavy atom. The van der Waals surface area contributed by atoms with Crippen LogP contribution >= 0.6 is 0 Å². The zero-order chi connectivity index (χ0) is 17.2. The van der Waals surface area contributed by atoms with Crippen LogP contribution in [-0.2, 0) is 4.79 Å². The van der Waals surface area contributed by atoms with E-state index in [1.54, 1.807) is 12.1 Å². The van der Waals surface area contributed by atoms with Gasteiger partial charge in [-0.25, -0.2) is 9.18 Å². The van der Waals surface area contributed by atoms with E-state index in [-0.39, 0.29) is 11.4 Å². The molecule has 0 atom stereocenters. The van der Waals surface area contributed by atoms with E-state index in [2.05, 4.69) is 6.58 Å². The molecular formula is C19H19FO3. The predicted molar refractivity (Wildman–Crippen MR) is 90.1 cm³/mol. The first kappa shape index (κ1) is 18.2. The molecule has 0 unspecified atom stereocenters. The van der Waals surface area contributed by atoms with Gasteiger partial charge in [0, 0.05) is 5.57 Å². The van der Waals surface area contributed by atoms with Crippen LogP contribution in [0, 0.1) is 5.82 Å². The predicted octanol–water partition coefficient (Wildman–Crippen LogP) is 5.30. The molecular weight excluding hydrogens is 295 g/mol. The van der Waals surface area contributed by atoms with Crippen molar-refractivity contribution in [2.75, 3.05) is 0 Å². The Morgan fingerprint density at radius 1 is 1.09 bits per heavy atom. The number of aliphatic carboxylic acids is 1. The Bertz CT molecular complexity index is 659.